The second-order valence-corrected chi connectivity index (χ2v) is 10.4. The molecule has 1 saturated heterocycles. The first-order valence-electron chi connectivity index (χ1n) is 11.4. The van der Waals surface area contributed by atoms with Crippen LogP contribution >= 0.6 is 11.3 Å². The number of hydrogen-bond donors (Lipinski definition) is 1. The van der Waals surface area contributed by atoms with Crippen molar-refractivity contribution in [3.05, 3.63) is 58.7 Å². The molecule has 188 valence electrons. The monoisotopic (exact) mass is 506 g/mol. The average Bonchev–Trinajstić information content (AvgIpc) is 3.15. The van der Waals surface area contributed by atoms with Crippen molar-refractivity contribution in [2.75, 3.05) is 45.2 Å². The molecule has 35 heavy (non-hydrogen) atoms. The lowest BCUT2D eigenvalue weighted by molar-refractivity contribution is -0.138. The van der Waals surface area contributed by atoms with Gasteiger partial charge in [-0.15, -0.1) is 0 Å². The van der Waals surface area contributed by atoms with Crippen molar-refractivity contribution in [2.45, 2.75) is 32.1 Å². The van der Waals surface area contributed by atoms with E-state index >= 15 is 0 Å². The van der Waals surface area contributed by atoms with Crippen LogP contribution in [0.1, 0.15) is 22.3 Å². The summed E-state index contributed by atoms with van der Waals surface area (Å²) >= 11 is 1.30. The topological polar surface area (TPSA) is 59.9 Å². The molecule has 2 heterocycles. The van der Waals surface area contributed by atoms with E-state index in [9.17, 15) is 18.0 Å². The third kappa shape index (κ3) is 6.31. The first kappa shape index (κ1) is 25.4. The predicted molar refractivity (Wildman–Crippen MR) is 132 cm³/mol. The molecule has 1 N–H and O–H groups in total. The summed E-state index contributed by atoms with van der Waals surface area (Å²) in [5.74, 6) is -0.848. The SMILES string of the molecule is Cc1cc(CC(=O)O)cc(CN2CCN(c3nc4ccc(C(F)(F)F)cc4s3)[C@H](CN(C)C)C2)c1. The van der Waals surface area contributed by atoms with E-state index in [-0.39, 0.29) is 12.5 Å². The van der Waals surface area contributed by atoms with Crippen LogP contribution in [0.15, 0.2) is 36.4 Å². The Morgan fingerprint density at radius 3 is 2.60 bits per heavy atom. The third-order valence-electron chi connectivity index (χ3n) is 6.05. The molecule has 1 aliphatic rings. The molecule has 0 saturated carbocycles. The molecular formula is C25H29F3N4O2S. The first-order valence-corrected chi connectivity index (χ1v) is 12.2. The van der Waals surface area contributed by atoms with Crippen molar-refractivity contribution < 1.29 is 23.1 Å². The maximum absolute atomic E-state index is 13.2. The van der Waals surface area contributed by atoms with Gasteiger partial charge in [-0.05, 0) is 50.3 Å². The Morgan fingerprint density at radius 1 is 1.17 bits per heavy atom. The molecule has 1 aliphatic heterocycles. The van der Waals surface area contributed by atoms with Crippen LogP contribution in [-0.4, -0.2) is 72.2 Å². The van der Waals surface area contributed by atoms with E-state index < -0.39 is 17.7 Å². The molecule has 0 amide bonds. The number of rotatable bonds is 7. The van der Waals surface area contributed by atoms with Crippen molar-refractivity contribution in [1.82, 2.24) is 14.8 Å². The zero-order valence-electron chi connectivity index (χ0n) is 20.0. The van der Waals surface area contributed by atoms with E-state index in [0.29, 0.717) is 23.3 Å². The molecule has 1 atom stereocenters. The lowest BCUT2D eigenvalue weighted by Gasteiger charge is -2.42. The minimum absolute atomic E-state index is 0.000623. The molecule has 0 aliphatic carbocycles. The largest absolute Gasteiger partial charge is 0.481 e. The Bertz CT molecular complexity index is 1210. The van der Waals surface area contributed by atoms with Crippen LogP contribution in [0.2, 0.25) is 0 Å². The van der Waals surface area contributed by atoms with Gasteiger partial charge in [0.05, 0.1) is 28.2 Å². The minimum Gasteiger partial charge on any atom is -0.481 e. The molecule has 0 spiro atoms. The number of piperazine rings is 1. The number of aryl methyl sites for hydroxylation is 1. The molecule has 3 aromatic rings. The van der Waals surface area contributed by atoms with E-state index in [1.54, 1.807) is 0 Å². The summed E-state index contributed by atoms with van der Waals surface area (Å²) in [7, 11) is 4.01. The first-order chi connectivity index (χ1) is 16.5. The molecule has 4 rings (SSSR count). The Labute approximate surface area is 206 Å². The summed E-state index contributed by atoms with van der Waals surface area (Å²) in [5, 5.41) is 9.89. The molecule has 0 bridgehead atoms. The van der Waals surface area contributed by atoms with Crippen LogP contribution in [0.3, 0.4) is 0 Å². The number of alkyl halides is 3. The number of hydrogen-bond acceptors (Lipinski definition) is 6. The van der Waals surface area contributed by atoms with Gasteiger partial charge in [0.1, 0.15) is 0 Å². The fraction of sp³-hybridized carbons (Fsp3) is 0.440. The predicted octanol–water partition coefficient (Wildman–Crippen LogP) is 4.50. The van der Waals surface area contributed by atoms with Gasteiger partial charge in [0, 0.05) is 32.7 Å². The van der Waals surface area contributed by atoms with Crippen molar-refractivity contribution in [3.63, 3.8) is 0 Å². The van der Waals surface area contributed by atoms with Crippen molar-refractivity contribution in [3.8, 4) is 0 Å². The molecule has 0 unspecified atom stereocenters. The highest BCUT2D eigenvalue weighted by Gasteiger charge is 2.32. The van der Waals surface area contributed by atoms with Crippen molar-refractivity contribution in [1.29, 1.82) is 0 Å². The lowest BCUT2D eigenvalue weighted by Crippen LogP contribution is -2.56. The number of carbonyl (C=O) groups is 1. The molecule has 10 heteroatoms. The van der Waals surface area contributed by atoms with Gasteiger partial charge in [0.2, 0.25) is 0 Å². The van der Waals surface area contributed by atoms with Crippen LogP contribution < -0.4 is 4.90 Å². The van der Waals surface area contributed by atoms with Gasteiger partial charge in [0.15, 0.2) is 5.13 Å². The summed E-state index contributed by atoms with van der Waals surface area (Å²) in [6.45, 7) is 5.70. The van der Waals surface area contributed by atoms with Gasteiger partial charge in [-0.25, -0.2) is 4.98 Å². The highest BCUT2D eigenvalue weighted by atomic mass is 32.1. The van der Waals surface area contributed by atoms with Gasteiger partial charge < -0.3 is 14.9 Å². The smallest absolute Gasteiger partial charge is 0.416 e. The van der Waals surface area contributed by atoms with Crippen molar-refractivity contribution in [2.24, 2.45) is 0 Å². The van der Waals surface area contributed by atoms with Gasteiger partial charge >= 0.3 is 12.1 Å². The van der Waals surface area contributed by atoms with E-state index in [2.05, 4.69) is 25.8 Å². The number of carboxylic acid groups (broad SMARTS) is 1. The van der Waals surface area contributed by atoms with Crippen LogP contribution in [0.4, 0.5) is 18.3 Å². The number of likely N-dealkylation sites (N-methyl/N-ethyl adjacent to an activating group) is 1. The fourth-order valence-corrected chi connectivity index (χ4v) is 5.78. The number of anilines is 1. The number of benzene rings is 2. The summed E-state index contributed by atoms with van der Waals surface area (Å²) in [4.78, 5) is 22.5. The summed E-state index contributed by atoms with van der Waals surface area (Å²) in [6.07, 6.45) is -4.38. The van der Waals surface area contributed by atoms with E-state index in [0.717, 1.165) is 47.5 Å². The number of aliphatic carboxylic acids is 1. The zero-order chi connectivity index (χ0) is 25.3. The summed E-state index contributed by atoms with van der Waals surface area (Å²) in [5.41, 5.74) is 2.83. The second-order valence-electron chi connectivity index (χ2n) is 9.42. The number of fused-ring (bicyclic) bond motifs is 1. The maximum atomic E-state index is 13.2. The lowest BCUT2D eigenvalue weighted by atomic mass is 10.0. The molecule has 0 radical (unpaired) electrons. The van der Waals surface area contributed by atoms with Crippen LogP contribution in [0.5, 0.6) is 0 Å². The summed E-state index contributed by atoms with van der Waals surface area (Å²) < 4.78 is 40.0. The molecule has 1 fully saturated rings. The molecule has 1 aromatic heterocycles. The number of carboxylic acids is 1. The highest BCUT2D eigenvalue weighted by molar-refractivity contribution is 7.22. The third-order valence-corrected chi connectivity index (χ3v) is 7.11. The average molecular weight is 507 g/mol. The van der Waals surface area contributed by atoms with Gasteiger partial charge in [0.25, 0.3) is 0 Å². The molecule has 2 aromatic carbocycles. The number of halogens is 3. The number of nitrogens with zero attached hydrogens (tertiary/aromatic N) is 4. The number of thiazole rings is 1. The van der Waals surface area contributed by atoms with Gasteiger partial charge in [-0.2, -0.15) is 13.2 Å². The Hall–Kier alpha value is -2.69. The molecular weight excluding hydrogens is 477 g/mol. The van der Waals surface area contributed by atoms with E-state index in [4.69, 9.17) is 5.11 Å². The van der Waals surface area contributed by atoms with E-state index in [1.807, 2.05) is 33.2 Å². The van der Waals surface area contributed by atoms with Gasteiger partial charge in [-0.3, -0.25) is 9.69 Å². The normalized spacial score (nSPS) is 17.5. The second kappa shape index (κ2) is 10.1. The quantitative estimate of drug-likeness (QED) is 0.509. The number of aromatic nitrogens is 1. The minimum atomic E-state index is -4.38. The standard InChI is InChI=1S/C25H29F3N4O2S/c1-16-8-17(11-23(33)34)10-18(9-16)13-31-6-7-32(20(15-31)14-30(2)3)24-29-21-5-4-19(25(26,27)28)12-22(21)35-24/h4-5,8-10,12,20H,6-7,11,13-15H2,1-3H3,(H,33,34)/t20-/m1/s1. The Balaban J connectivity index is 1.54. The van der Waals surface area contributed by atoms with Crippen LogP contribution in [0.25, 0.3) is 10.2 Å². The fourth-order valence-electron chi connectivity index (χ4n) is 4.68. The van der Waals surface area contributed by atoms with Crippen LogP contribution in [0, 0.1) is 6.92 Å². The molecule has 6 nitrogen and oxygen atoms in total. The zero-order valence-corrected chi connectivity index (χ0v) is 20.8. The summed E-state index contributed by atoms with van der Waals surface area (Å²) in [6, 6.07) is 9.78. The highest BCUT2D eigenvalue weighted by Crippen LogP contribution is 2.36. The Morgan fingerprint density at radius 2 is 1.91 bits per heavy atom. The van der Waals surface area contributed by atoms with Gasteiger partial charge in [-0.1, -0.05) is 35.1 Å². The van der Waals surface area contributed by atoms with Crippen LogP contribution in [-0.2, 0) is 23.9 Å². The van der Waals surface area contributed by atoms with E-state index in [1.165, 1.54) is 23.5 Å². The van der Waals surface area contributed by atoms with Crippen molar-refractivity contribution >= 4 is 32.7 Å². The maximum Gasteiger partial charge on any atom is 0.416 e. The Kier molecular flexibility index (Phi) is 7.35.